The zero-order valence-corrected chi connectivity index (χ0v) is 15.2. The first-order valence-electron chi connectivity index (χ1n) is 7.08. The lowest BCUT2D eigenvalue weighted by atomic mass is 10.0. The second kappa shape index (κ2) is 6.92. The quantitative estimate of drug-likeness (QED) is 0.813. The Bertz CT molecular complexity index is 563. The molecule has 1 aliphatic rings. The number of rotatable bonds is 4. The summed E-state index contributed by atoms with van der Waals surface area (Å²) < 4.78 is 1.72. The first-order valence-corrected chi connectivity index (χ1v) is 8.66. The molecule has 0 spiro atoms. The highest BCUT2D eigenvalue weighted by Gasteiger charge is 2.40. The summed E-state index contributed by atoms with van der Waals surface area (Å²) in [5, 5.41) is 2.84. The SMILES string of the molecule is CCCC1NC(=O)C(CC)N(c2ccc(Br)cc2Br)C1=O. The summed E-state index contributed by atoms with van der Waals surface area (Å²) in [6.07, 6.45) is 2.09. The summed E-state index contributed by atoms with van der Waals surface area (Å²) in [5.74, 6) is -0.114. The Kier molecular flexibility index (Phi) is 5.43. The molecule has 1 fully saturated rings. The monoisotopic (exact) mass is 416 g/mol. The molecule has 114 valence electrons. The largest absolute Gasteiger partial charge is 0.342 e. The van der Waals surface area contributed by atoms with Crippen molar-refractivity contribution in [1.29, 1.82) is 0 Å². The highest BCUT2D eigenvalue weighted by atomic mass is 79.9. The second-order valence-electron chi connectivity index (χ2n) is 5.08. The lowest BCUT2D eigenvalue weighted by Crippen LogP contribution is -2.63. The van der Waals surface area contributed by atoms with Crippen molar-refractivity contribution in [2.75, 3.05) is 4.90 Å². The third kappa shape index (κ3) is 3.31. The predicted molar refractivity (Wildman–Crippen MR) is 90.2 cm³/mol. The van der Waals surface area contributed by atoms with Gasteiger partial charge in [0.2, 0.25) is 11.8 Å². The molecule has 0 aromatic heterocycles. The summed E-state index contributed by atoms with van der Waals surface area (Å²) in [6.45, 7) is 3.92. The molecule has 0 bridgehead atoms. The smallest absolute Gasteiger partial charge is 0.250 e. The molecule has 4 nitrogen and oxygen atoms in total. The number of benzene rings is 1. The Balaban J connectivity index is 2.44. The van der Waals surface area contributed by atoms with Crippen LogP contribution in [0.4, 0.5) is 5.69 Å². The fourth-order valence-corrected chi connectivity index (χ4v) is 3.82. The molecule has 1 aromatic rings. The second-order valence-corrected chi connectivity index (χ2v) is 6.85. The van der Waals surface area contributed by atoms with Gasteiger partial charge in [0.05, 0.1) is 5.69 Å². The average molecular weight is 418 g/mol. The summed E-state index contributed by atoms with van der Waals surface area (Å²) in [6, 6.07) is 4.73. The van der Waals surface area contributed by atoms with E-state index < -0.39 is 12.1 Å². The third-order valence-electron chi connectivity index (χ3n) is 3.60. The van der Waals surface area contributed by atoms with Crippen molar-refractivity contribution in [2.24, 2.45) is 0 Å². The van der Waals surface area contributed by atoms with Crippen LogP contribution in [-0.4, -0.2) is 23.9 Å². The molecule has 21 heavy (non-hydrogen) atoms. The zero-order valence-electron chi connectivity index (χ0n) is 12.0. The van der Waals surface area contributed by atoms with Gasteiger partial charge in [-0.15, -0.1) is 0 Å². The van der Waals surface area contributed by atoms with Crippen LogP contribution in [0.15, 0.2) is 27.1 Å². The lowest BCUT2D eigenvalue weighted by Gasteiger charge is -2.39. The van der Waals surface area contributed by atoms with E-state index in [1.54, 1.807) is 4.90 Å². The van der Waals surface area contributed by atoms with E-state index in [0.717, 1.165) is 21.1 Å². The fourth-order valence-electron chi connectivity index (χ4n) is 2.58. The number of carbonyl (C=O) groups is 2. The number of carbonyl (C=O) groups excluding carboxylic acids is 2. The van der Waals surface area contributed by atoms with Crippen LogP contribution >= 0.6 is 31.9 Å². The van der Waals surface area contributed by atoms with Gasteiger partial charge in [0, 0.05) is 8.95 Å². The number of nitrogens with zero attached hydrogens (tertiary/aromatic N) is 1. The van der Waals surface area contributed by atoms with Crippen molar-refractivity contribution in [1.82, 2.24) is 5.32 Å². The maximum atomic E-state index is 12.7. The molecule has 2 atom stereocenters. The third-order valence-corrected chi connectivity index (χ3v) is 4.73. The van der Waals surface area contributed by atoms with Gasteiger partial charge < -0.3 is 5.32 Å². The summed E-state index contributed by atoms with van der Waals surface area (Å²) in [5.41, 5.74) is 0.742. The minimum atomic E-state index is -0.455. The normalized spacial score (nSPS) is 22.4. The Morgan fingerprint density at radius 1 is 1.24 bits per heavy atom. The van der Waals surface area contributed by atoms with E-state index in [1.807, 2.05) is 32.0 Å². The number of halogens is 2. The van der Waals surface area contributed by atoms with Crippen LogP contribution in [-0.2, 0) is 9.59 Å². The van der Waals surface area contributed by atoms with Crippen molar-refractivity contribution in [3.05, 3.63) is 27.1 Å². The Hall–Kier alpha value is -0.880. The number of nitrogens with one attached hydrogen (secondary N) is 1. The molecular formula is C15H18Br2N2O2. The first-order chi connectivity index (χ1) is 9.99. The van der Waals surface area contributed by atoms with Gasteiger partial charge in [0.1, 0.15) is 12.1 Å². The van der Waals surface area contributed by atoms with Gasteiger partial charge in [-0.3, -0.25) is 14.5 Å². The first kappa shape index (κ1) is 16.5. The van der Waals surface area contributed by atoms with Crippen LogP contribution in [0.5, 0.6) is 0 Å². The number of anilines is 1. The highest BCUT2D eigenvalue weighted by molar-refractivity contribution is 9.11. The van der Waals surface area contributed by atoms with E-state index in [-0.39, 0.29) is 11.8 Å². The fraction of sp³-hybridized carbons (Fsp3) is 0.467. The molecule has 2 amide bonds. The molecule has 1 N–H and O–H groups in total. The van der Waals surface area contributed by atoms with Crippen molar-refractivity contribution in [2.45, 2.75) is 45.2 Å². The van der Waals surface area contributed by atoms with Crippen molar-refractivity contribution in [3.63, 3.8) is 0 Å². The number of piperazine rings is 1. The molecule has 0 aliphatic carbocycles. The van der Waals surface area contributed by atoms with Crippen molar-refractivity contribution >= 4 is 49.4 Å². The molecule has 1 saturated heterocycles. The van der Waals surface area contributed by atoms with E-state index in [9.17, 15) is 9.59 Å². The van der Waals surface area contributed by atoms with Gasteiger partial charge in [0.25, 0.3) is 0 Å². The van der Waals surface area contributed by atoms with Crippen LogP contribution in [0.25, 0.3) is 0 Å². The Labute approximate surface area is 141 Å². The zero-order chi connectivity index (χ0) is 15.6. The number of hydrogen-bond acceptors (Lipinski definition) is 2. The molecule has 1 aromatic carbocycles. The van der Waals surface area contributed by atoms with Crippen LogP contribution < -0.4 is 10.2 Å². The standard InChI is InChI=1S/C15H18Br2N2O2/c1-3-5-11-15(21)19(12(4-2)14(20)18-11)13-7-6-9(16)8-10(13)17/h6-8,11-12H,3-5H2,1-2H3,(H,18,20). The topological polar surface area (TPSA) is 49.4 Å². The van der Waals surface area contributed by atoms with Gasteiger partial charge in [0.15, 0.2) is 0 Å². The summed E-state index contributed by atoms with van der Waals surface area (Å²) >= 11 is 6.89. The van der Waals surface area contributed by atoms with Crippen LogP contribution in [0.3, 0.4) is 0 Å². The molecule has 6 heteroatoms. The van der Waals surface area contributed by atoms with Crippen molar-refractivity contribution in [3.8, 4) is 0 Å². The van der Waals surface area contributed by atoms with E-state index in [2.05, 4.69) is 37.2 Å². The maximum Gasteiger partial charge on any atom is 0.250 e. The van der Waals surface area contributed by atoms with Crippen LogP contribution in [0.1, 0.15) is 33.1 Å². The minimum absolute atomic E-state index is 0.0358. The number of amides is 2. The molecule has 1 aliphatic heterocycles. The van der Waals surface area contributed by atoms with E-state index in [1.165, 1.54) is 0 Å². The van der Waals surface area contributed by atoms with E-state index >= 15 is 0 Å². The predicted octanol–water partition coefficient (Wildman–Crippen LogP) is 3.62. The van der Waals surface area contributed by atoms with Crippen molar-refractivity contribution < 1.29 is 9.59 Å². The highest BCUT2D eigenvalue weighted by Crippen LogP contribution is 2.33. The lowest BCUT2D eigenvalue weighted by molar-refractivity contribution is -0.134. The Morgan fingerprint density at radius 3 is 2.52 bits per heavy atom. The van der Waals surface area contributed by atoms with Crippen LogP contribution in [0, 0.1) is 0 Å². The molecule has 2 unspecified atom stereocenters. The molecular weight excluding hydrogens is 400 g/mol. The Morgan fingerprint density at radius 2 is 1.95 bits per heavy atom. The number of hydrogen-bond donors (Lipinski definition) is 1. The van der Waals surface area contributed by atoms with E-state index in [4.69, 9.17) is 0 Å². The van der Waals surface area contributed by atoms with Gasteiger partial charge in [-0.25, -0.2) is 0 Å². The average Bonchev–Trinajstić information content (AvgIpc) is 2.43. The maximum absolute atomic E-state index is 12.7. The minimum Gasteiger partial charge on any atom is -0.342 e. The summed E-state index contributed by atoms with van der Waals surface area (Å²) in [4.78, 5) is 26.7. The van der Waals surface area contributed by atoms with Crippen LogP contribution in [0.2, 0.25) is 0 Å². The van der Waals surface area contributed by atoms with Gasteiger partial charge in [-0.05, 0) is 47.0 Å². The molecule has 0 saturated carbocycles. The molecule has 2 rings (SSSR count). The van der Waals surface area contributed by atoms with Gasteiger partial charge in [-0.1, -0.05) is 36.2 Å². The molecule has 0 radical (unpaired) electrons. The van der Waals surface area contributed by atoms with Gasteiger partial charge >= 0.3 is 0 Å². The van der Waals surface area contributed by atoms with Gasteiger partial charge in [-0.2, -0.15) is 0 Å². The van der Waals surface area contributed by atoms with E-state index in [0.29, 0.717) is 12.8 Å². The summed E-state index contributed by atoms with van der Waals surface area (Å²) in [7, 11) is 0. The molecule has 1 heterocycles.